The van der Waals surface area contributed by atoms with E-state index in [0.717, 1.165) is 27.6 Å². The number of nitrogens with one attached hydrogen (secondary N) is 1. The second kappa shape index (κ2) is 8.23. The summed E-state index contributed by atoms with van der Waals surface area (Å²) in [6, 6.07) is 24.2. The first kappa shape index (κ1) is 18.8. The molecule has 0 aliphatic rings. The summed E-state index contributed by atoms with van der Waals surface area (Å²) >= 11 is 0. The summed E-state index contributed by atoms with van der Waals surface area (Å²) in [7, 11) is 0. The second-order valence-corrected chi connectivity index (χ2v) is 6.97. The van der Waals surface area contributed by atoms with Crippen molar-refractivity contribution in [3.8, 4) is 11.1 Å². The topological polar surface area (TPSA) is 42.0 Å². The van der Waals surface area contributed by atoms with Crippen LogP contribution in [-0.4, -0.2) is 17.4 Å². The molecule has 1 amide bonds. The smallest absolute Gasteiger partial charge is 0.253 e. The number of carbonyl (C=O) groups excluding carboxylic acids is 1. The van der Waals surface area contributed by atoms with Crippen LogP contribution in [0.1, 0.15) is 21.6 Å². The summed E-state index contributed by atoms with van der Waals surface area (Å²) in [6.45, 7) is 2.28. The molecule has 0 aliphatic heterocycles. The van der Waals surface area contributed by atoms with E-state index in [-0.39, 0.29) is 11.7 Å². The number of pyridine rings is 1. The average Bonchev–Trinajstić information content (AvgIpc) is 2.73. The van der Waals surface area contributed by atoms with Crippen molar-refractivity contribution in [1.29, 1.82) is 0 Å². The van der Waals surface area contributed by atoms with Gasteiger partial charge in [0.2, 0.25) is 0 Å². The van der Waals surface area contributed by atoms with Gasteiger partial charge in [-0.15, -0.1) is 0 Å². The van der Waals surface area contributed by atoms with Crippen molar-refractivity contribution in [2.45, 2.75) is 13.3 Å². The lowest BCUT2D eigenvalue weighted by molar-refractivity contribution is 0.0954. The molecule has 4 rings (SSSR count). The molecule has 0 fully saturated rings. The van der Waals surface area contributed by atoms with Crippen molar-refractivity contribution < 1.29 is 9.18 Å². The molecular formula is C25H21FN2O. The van der Waals surface area contributed by atoms with Gasteiger partial charge in [0.15, 0.2) is 0 Å². The first-order chi connectivity index (χ1) is 14.1. The maximum atomic E-state index is 13.4. The zero-order valence-electron chi connectivity index (χ0n) is 16.2. The summed E-state index contributed by atoms with van der Waals surface area (Å²) in [5.74, 6) is -0.439. The highest BCUT2D eigenvalue weighted by Gasteiger charge is 2.20. The lowest BCUT2D eigenvalue weighted by Gasteiger charge is -2.16. The second-order valence-electron chi connectivity index (χ2n) is 6.97. The predicted octanol–water partition coefficient (Wildman–Crippen LogP) is 5.32. The van der Waals surface area contributed by atoms with E-state index in [0.29, 0.717) is 24.2 Å². The molecule has 0 saturated carbocycles. The number of carbonyl (C=O) groups is 1. The minimum atomic E-state index is -0.269. The maximum absolute atomic E-state index is 13.4. The van der Waals surface area contributed by atoms with Gasteiger partial charge >= 0.3 is 0 Å². The molecule has 1 aromatic heterocycles. The Hall–Kier alpha value is -3.53. The number of hydrogen-bond acceptors (Lipinski definition) is 2. The van der Waals surface area contributed by atoms with Crippen molar-refractivity contribution in [1.82, 2.24) is 10.3 Å². The number of hydrogen-bond donors (Lipinski definition) is 1. The fourth-order valence-electron chi connectivity index (χ4n) is 3.62. The number of nitrogens with zero attached hydrogens (tertiary/aromatic N) is 1. The maximum Gasteiger partial charge on any atom is 0.253 e. The van der Waals surface area contributed by atoms with Crippen LogP contribution in [-0.2, 0) is 6.42 Å². The molecule has 0 aliphatic carbocycles. The normalized spacial score (nSPS) is 10.8. The fourth-order valence-corrected chi connectivity index (χ4v) is 3.62. The van der Waals surface area contributed by atoms with Crippen LogP contribution in [0.4, 0.5) is 4.39 Å². The molecule has 1 N–H and O–H groups in total. The first-order valence-electron chi connectivity index (χ1n) is 9.61. The molecule has 3 aromatic carbocycles. The molecule has 0 spiro atoms. The standard InChI is InChI=1S/C25H21FN2O/c1-17-23(25(29)27-15-14-18-8-7-11-20(26)16-18)24(19-9-3-2-4-10-19)21-12-5-6-13-22(21)28-17/h2-13,16H,14-15H2,1H3,(H,27,29). The lowest BCUT2D eigenvalue weighted by Crippen LogP contribution is -2.27. The van der Waals surface area contributed by atoms with E-state index in [2.05, 4.69) is 10.3 Å². The lowest BCUT2D eigenvalue weighted by atomic mass is 9.94. The van der Waals surface area contributed by atoms with E-state index in [1.54, 1.807) is 6.07 Å². The van der Waals surface area contributed by atoms with E-state index in [9.17, 15) is 9.18 Å². The van der Waals surface area contributed by atoms with E-state index < -0.39 is 0 Å². The summed E-state index contributed by atoms with van der Waals surface area (Å²) in [6.07, 6.45) is 0.560. The number of halogens is 1. The fraction of sp³-hybridized carbons (Fsp3) is 0.120. The highest BCUT2D eigenvalue weighted by atomic mass is 19.1. The largest absolute Gasteiger partial charge is 0.352 e. The number of amides is 1. The molecule has 0 atom stereocenters. The molecule has 1 heterocycles. The van der Waals surface area contributed by atoms with Crippen LogP contribution in [0.15, 0.2) is 78.9 Å². The van der Waals surface area contributed by atoms with E-state index in [1.165, 1.54) is 12.1 Å². The Morgan fingerprint density at radius 3 is 2.52 bits per heavy atom. The van der Waals surface area contributed by atoms with Crippen LogP contribution in [0.2, 0.25) is 0 Å². The molecule has 0 saturated heterocycles. The molecule has 3 nitrogen and oxygen atoms in total. The Morgan fingerprint density at radius 2 is 1.72 bits per heavy atom. The van der Waals surface area contributed by atoms with Crippen LogP contribution < -0.4 is 5.32 Å². The zero-order chi connectivity index (χ0) is 20.2. The molecular weight excluding hydrogens is 363 g/mol. The number of aromatic nitrogens is 1. The third kappa shape index (κ3) is 4.02. The Bertz CT molecular complexity index is 1170. The summed E-state index contributed by atoms with van der Waals surface area (Å²) < 4.78 is 13.4. The van der Waals surface area contributed by atoms with E-state index in [4.69, 9.17) is 0 Å². The average molecular weight is 384 g/mol. The number of para-hydroxylation sites is 1. The summed E-state index contributed by atoms with van der Waals surface area (Å²) in [5.41, 5.74) is 4.84. The van der Waals surface area contributed by atoms with Gasteiger partial charge in [0, 0.05) is 17.5 Å². The van der Waals surface area contributed by atoms with Gasteiger partial charge in [0.25, 0.3) is 5.91 Å². The molecule has 144 valence electrons. The Labute approximate surface area is 169 Å². The van der Waals surface area contributed by atoms with Crippen LogP contribution in [0.3, 0.4) is 0 Å². The summed E-state index contributed by atoms with van der Waals surface area (Å²) in [4.78, 5) is 17.8. The van der Waals surface area contributed by atoms with Crippen molar-refractivity contribution in [3.05, 3.63) is 102 Å². The van der Waals surface area contributed by atoms with Crippen LogP contribution in [0.25, 0.3) is 22.0 Å². The van der Waals surface area contributed by atoms with Crippen LogP contribution in [0.5, 0.6) is 0 Å². The Kier molecular flexibility index (Phi) is 5.34. The monoisotopic (exact) mass is 384 g/mol. The summed E-state index contributed by atoms with van der Waals surface area (Å²) in [5, 5.41) is 3.93. The van der Waals surface area contributed by atoms with Crippen molar-refractivity contribution >= 4 is 16.8 Å². The minimum absolute atomic E-state index is 0.170. The van der Waals surface area contributed by atoms with Gasteiger partial charge in [-0.2, -0.15) is 0 Å². The molecule has 0 radical (unpaired) electrons. The number of benzene rings is 3. The highest BCUT2D eigenvalue weighted by Crippen LogP contribution is 2.32. The van der Waals surface area contributed by atoms with Crippen LogP contribution >= 0.6 is 0 Å². The molecule has 0 bridgehead atoms. The SMILES string of the molecule is Cc1nc2ccccc2c(-c2ccccc2)c1C(=O)NCCc1cccc(F)c1. The van der Waals surface area contributed by atoms with Gasteiger partial charge < -0.3 is 5.32 Å². The number of aryl methyl sites for hydroxylation is 1. The molecule has 4 aromatic rings. The quantitative estimate of drug-likeness (QED) is 0.506. The van der Waals surface area contributed by atoms with E-state index in [1.807, 2.05) is 67.6 Å². The number of rotatable bonds is 5. The van der Waals surface area contributed by atoms with Crippen LogP contribution in [0, 0.1) is 12.7 Å². The van der Waals surface area contributed by atoms with Gasteiger partial charge in [0.1, 0.15) is 5.82 Å². The van der Waals surface area contributed by atoms with Gasteiger partial charge in [-0.3, -0.25) is 9.78 Å². The minimum Gasteiger partial charge on any atom is -0.352 e. The van der Waals surface area contributed by atoms with Gasteiger partial charge in [-0.25, -0.2) is 4.39 Å². The molecule has 29 heavy (non-hydrogen) atoms. The van der Waals surface area contributed by atoms with Crippen molar-refractivity contribution in [2.24, 2.45) is 0 Å². The van der Waals surface area contributed by atoms with Gasteiger partial charge in [-0.05, 0) is 42.7 Å². The van der Waals surface area contributed by atoms with Gasteiger partial charge in [-0.1, -0.05) is 60.7 Å². The predicted molar refractivity (Wildman–Crippen MR) is 114 cm³/mol. The zero-order valence-corrected chi connectivity index (χ0v) is 16.2. The Morgan fingerprint density at radius 1 is 0.966 bits per heavy atom. The number of fused-ring (bicyclic) bond motifs is 1. The van der Waals surface area contributed by atoms with Crippen molar-refractivity contribution in [2.75, 3.05) is 6.54 Å². The highest BCUT2D eigenvalue weighted by molar-refractivity contribution is 6.09. The van der Waals surface area contributed by atoms with Crippen molar-refractivity contribution in [3.63, 3.8) is 0 Å². The Balaban J connectivity index is 1.69. The molecule has 4 heteroatoms. The third-order valence-corrected chi connectivity index (χ3v) is 4.95. The van der Waals surface area contributed by atoms with E-state index >= 15 is 0 Å². The molecule has 0 unspecified atom stereocenters. The van der Waals surface area contributed by atoms with Gasteiger partial charge in [0.05, 0.1) is 16.8 Å². The first-order valence-corrected chi connectivity index (χ1v) is 9.61. The third-order valence-electron chi connectivity index (χ3n) is 4.95.